The Morgan fingerprint density at radius 2 is 2.60 bits per heavy atom. The van der Waals surface area contributed by atoms with Gasteiger partial charge in [0.2, 0.25) is 0 Å². The number of hydrogen-bond acceptors (Lipinski definition) is 4. The molecule has 0 N–H and O–H groups in total. The first-order valence-corrected chi connectivity index (χ1v) is 3.91. The smallest absolute Gasteiger partial charge is 0.303 e. The van der Waals surface area contributed by atoms with Gasteiger partial charge in [-0.05, 0) is 6.92 Å². The molecule has 1 rings (SSSR count). The summed E-state index contributed by atoms with van der Waals surface area (Å²) in [5, 5.41) is 0.992. The number of rotatable bonds is 1. The van der Waals surface area contributed by atoms with Gasteiger partial charge in [-0.15, -0.1) is 0 Å². The lowest BCUT2D eigenvalue weighted by molar-refractivity contribution is -0.141. The average molecular weight is 159 g/mol. The Hall–Kier alpha value is -0.510. The minimum Gasteiger partial charge on any atom is -0.449 e. The van der Waals surface area contributed by atoms with E-state index in [0.29, 0.717) is 6.54 Å². The second-order valence-corrected chi connectivity index (χ2v) is 3.37. The fourth-order valence-corrected chi connectivity index (χ4v) is 1.58. The lowest BCUT2D eigenvalue weighted by atomic mass is 10.7. The normalized spacial score (nSPS) is 24.2. The topological polar surface area (TPSA) is 38.7 Å². The third-order valence-electron chi connectivity index (χ3n) is 1.06. The number of hydrogen-bond donors (Lipinski definition) is 0. The van der Waals surface area contributed by atoms with Crippen molar-refractivity contribution < 1.29 is 9.53 Å². The molecule has 3 nitrogen and oxygen atoms in total. The Kier molecular flexibility index (Phi) is 2.32. The molecule has 0 amide bonds. The van der Waals surface area contributed by atoms with E-state index in [9.17, 15) is 4.79 Å². The van der Waals surface area contributed by atoms with E-state index in [4.69, 9.17) is 4.74 Å². The predicted molar refractivity (Wildman–Crippen MR) is 41.1 cm³/mol. The van der Waals surface area contributed by atoms with E-state index in [1.54, 1.807) is 0 Å². The monoisotopic (exact) mass is 159 g/mol. The van der Waals surface area contributed by atoms with E-state index in [1.165, 1.54) is 18.7 Å². The summed E-state index contributed by atoms with van der Waals surface area (Å²) in [7, 11) is 0. The first-order valence-electron chi connectivity index (χ1n) is 3.03. The van der Waals surface area contributed by atoms with Crippen LogP contribution in [0.3, 0.4) is 0 Å². The molecule has 0 fully saturated rings. The van der Waals surface area contributed by atoms with Crippen molar-refractivity contribution in [1.29, 1.82) is 0 Å². The number of thioether (sulfide) groups is 1. The van der Waals surface area contributed by atoms with Gasteiger partial charge in [0.15, 0.2) is 5.44 Å². The Balaban J connectivity index is 2.29. The van der Waals surface area contributed by atoms with Gasteiger partial charge in [-0.1, -0.05) is 11.8 Å². The molecule has 1 atom stereocenters. The average Bonchev–Trinajstić information content (AvgIpc) is 2.13. The lowest BCUT2D eigenvalue weighted by Gasteiger charge is -2.06. The molecular weight excluding hydrogens is 150 g/mol. The number of nitrogens with zero attached hydrogens (tertiary/aromatic N) is 1. The summed E-state index contributed by atoms with van der Waals surface area (Å²) in [6, 6.07) is 0. The van der Waals surface area contributed by atoms with Crippen LogP contribution in [0, 0.1) is 0 Å². The Morgan fingerprint density at radius 3 is 3.00 bits per heavy atom. The first-order chi connectivity index (χ1) is 4.68. The van der Waals surface area contributed by atoms with Gasteiger partial charge in [-0.25, -0.2) is 0 Å². The maximum absolute atomic E-state index is 10.4. The third-order valence-corrected chi connectivity index (χ3v) is 2.04. The molecule has 0 saturated heterocycles. The number of carbonyl (C=O) groups is 1. The summed E-state index contributed by atoms with van der Waals surface area (Å²) in [4.78, 5) is 14.5. The maximum Gasteiger partial charge on any atom is 0.303 e. The fraction of sp³-hybridized carbons (Fsp3) is 0.667. The molecule has 0 aromatic carbocycles. The van der Waals surface area contributed by atoms with Crippen LogP contribution in [0.25, 0.3) is 0 Å². The SMILES string of the molecule is CC(=O)OC1CN=C(C)S1. The van der Waals surface area contributed by atoms with Crippen LogP contribution in [-0.2, 0) is 9.53 Å². The van der Waals surface area contributed by atoms with E-state index in [1.807, 2.05) is 6.92 Å². The second kappa shape index (κ2) is 3.05. The molecule has 1 aliphatic rings. The summed E-state index contributed by atoms with van der Waals surface area (Å²) in [6.45, 7) is 3.93. The quantitative estimate of drug-likeness (QED) is 0.536. The fourth-order valence-electron chi connectivity index (χ4n) is 0.714. The third kappa shape index (κ3) is 2.02. The molecular formula is C6H9NO2S. The zero-order valence-corrected chi connectivity index (χ0v) is 6.77. The van der Waals surface area contributed by atoms with Crippen LogP contribution in [0.4, 0.5) is 0 Å². The van der Waals surface area contributed by atoms with Crippen molar-refractivity contribution in [3.05, 3.63) is 0 Å². The second-order valence-electron chi connectivity index (χ2n) is 2.02. The van der Waals surface area contributed by atoms with Gasteiger partial charge in [0.05, 0.1) is 11.6 Å². The van der Waals surface area contributed by atoms with Crippen molar-refractivity contribution in [3.8, 4) is 0 Å². The van der Waals surface area contributed by atoms with Gasteiger partial charge in [-0.2, -0.15) is 0 Å². The largest absolute Gasteiger partial charge is 0.449 e. The zero-order chi connectivity index (χ0) is 7.56. The van der Waals surface area contributed by atoms with Crippen LogP contribution >= 0.6 is 11.8 Å². The van der Waals surface area contributed by atoms with Crippen molar-refractivity contribution in [3.63, 3.8) is 0 Å². The zero-order valence-electron chi connectivity index (χ0n) is 5.96. The van der Waals surface area contributed by atoms with Gasteiger partial charge >= 0.3 is 5.97 Å². The van der Waals surface area contributed by atoms with E-state index in [2.05, 4.69) is 4.99 Å². The Bertz CT molecular complexity index is 179. The standard InChI is InChI=1S/C6H9NO2S/c1-4-7-3-6(10-4)9-5(2)8/h6H,3H2,1-2H3. The van der Waals surface area contributed by atoms with Crippen LogP contribution in [0.5, 0.6) is 0 Å². The minimum atomic E-state index is -0.234. The minimum absolute atomic E-state index is 0.0718. The molecule has 0 radical (unpaired) electrons. The number of carbonyl (C=O) groups excluding carboxylic acids is 1. The van der Waals surface area contributed by atoms with Crippen LogP contribution in [0.2, 0.25) is 0 Å². The highest BCUT2D eigenvalue weighted by molar-refractivity contribution is 8.14. The number of esters is 1. The van der Waals surface area contributed by atoms with Crippen LogP contribution in [0.15, 0.2) is 4.99 Å². The molecule has 0 aromatic rings. The maximum atomic E-state index is 10.4. The molecule has 1 aliphatic heterocycles. The molecule has 0 saturated carbocycles. The molecule has 1 heterocycles. The van der Waals surface area contributed by atoms with Gasteiger partial charge in [0, 0.05) is 6.92 Å². The Morgan fingerprint density at radius 1 is 1.90 bits per heavy atom. The summed E-state index contributed by atoms with van der Waals surface area (Å²) < 4.78 is 4.89. The summed E-state index contributed by atoms with van der Waals surface area (Å²) >= 11 is 1.50. The van der Waals surface area contributed by atoms with Crippen molar-refractivity contribution in [2.24, 2.45) is 4.99 Å². The highest BCUT2D eigenvalue weighted by atomic mass is 32.2. The van der Waals surface area contributed by atoms with Gasteiger partial charge in [0.25, 0.3) is 0 Å². The molecule has 0 aliphatic carbocycles. The lowest BCUT2D eigenvalue weighted by Crippen LogP contribution is -2.12. The predicted octanol–water partition coefficient (Wildman–Crippen LogP) is 1.04. The van der Waals surface area contributed by atoms with Gasteiger partial charge in [0.1, 0.15) is 0 Å². The van der Waals surface area contributed by atoms with Crippen molar-refractivity contribution in [2.75, 3.05) is 6.54 Å². The summed E-state index contributed by atoms with van der Waals surface area (Å²) in [6.07, 6.45) is 0. The highest BCUT2D eigenvalue weighted by Crippen LogP contribution is 2.21. The van der Waals surface area contributed by atoms with E-state index in [0.717, 1.165) is 5.04 Å². The van der Waals surface area contributed by atoms with Gasteiger partial charge in [-0.3, -0.25) is 9.79 Å². The molecule has 1 unspecified atom stereocenters. The Labute approximate surface area is 63.9 Å². The number of ether oxygens (including phenoxy) is 1. The molecule has 10 heavy (non-hydrogen) atoms. The molecule has 4 heteroatoms. The highest BCUT2D eigenvalue weighted by Gasteiger charge is 2.18. The molecule has 0 spiro atoms. The molecule has 56 valence electrons. The summed E-state index contributed by atoms with van der Waals surface area (Å²) in [5.41, 5.74) is -0.0718. The van der Waals surface area contributed by atoms with E-state index in [-0.39, 0.29) is 11.4 Å². The summed E-state index contributed by atoms with van der Waals surface area (Å²) in [5.74, 6) is -0.234. The van der Waals surface area contributed by atoms with Crippen LogP contribution in [-0.4, -0.2) is 23.0 Å². The number of aliphatic imine (C=N–C) groups is 1. The van der Waals surface area contributed by atoms with Gasteiger partial charge < -0.3 is 4.74 Å². The van der Waals surface area contributed by atoms with Crippen molar-refractivity contribution in [2.45, 2.75) is 19.3 Å². The van der Waals surface area contributed by atoms with Crippen molar-refractivity contribution >= 4 is 22.8 Å². The molecule has 0 aromatic heterocycles. The first kappa shape index (κ1) is 7.60. The van der Waals surface area contributed by atoms with Crippen LogP contribution < -0.4 is 0 Å². The van der Waals surface area contributed by atoms with E-state index >= 15 is 0 Å². The molecule has 0 bridgehead atoms. The van der Waals surface area contributed by atoms with E-state index < -0.39 is 0 Å². The van der Waals surface area contributed by atoms with Crippen molar-refractivity contribution in [1.82, 2.24) is 0 Å². The van der Waals surface area contributed by atoms with Crippen LogP contribution in [0.1, 0.15) is 13.8 Å².